The van der Waals surface area contributed by atoms with Gasteiger partial charge in [-0.25, -0.2) is 4.99 Å². The van der Waals surface area contributed by atoms with Gasteiger partial charge < -0.3 is 20.5 Å². The van der Waals surface area contributed by atoms with Gasteiger partial charge in [0.1, 0.15) is 6.54 Å². The number of H-pyrrole nitrogens is 1. The summed E-state index contributed by atoms with van der Waals surface area (Å²) in [7, 11) is 0. The zero-order valence-electron chi connectivity index (χ0n) is 15.6. The Morgan fingerprint density at radius 3 is 2.85 bits per heavy atom. The zero-order valence-corrected chi connectivity index (χ0v) is 15.6. The summed E-state index contributed by atoms with van der Waals surface area (Å²) in [5.74, 6) is 0.845. The minimum atomic E-state index is 0.124. The van der Waals surface area contributed by atoms with Gasteiger partial charge >= 0.3 is 0 Å². The topological polar surface area (TPSA) is 72.5 Å². The Balaban J connectivity index is 1.45. The highest BCUT2D eigenvalue weighted by Crippen LogP contribution is 2.18. The predicted molar refractivity (Wildman–Crippen MR) is 106 cm³/mol. The van der Waals surface area contributed by atoms with Gasteiger partial charge in [-0.1, -0.05) is 18.2 Å². The lowest BCUT2D eigenvalue weighted by Gasteiger charge is -2.15. The number of aromatic nitrogens is 1. The van der Waals surface area contributed by atoms with E-state index in [2.05, 4.69) is 45.0 Å². The summed E-state index contributed by atoms with van der Waals surface area (Å²) in [5.41, 5.74) is 2.53. The molecule has 0 atom stereocenters. The quantitative estimate of drug-likeness (QED) is 0.405. The third-order valence-corrected chi connectivity index (χ3v) is 4.77. The molecule has 1 saturated heterocycles. The molecule has 2 aromatic rings. The number of fused-ring (bicyclic) bond motifs is 1. The average Bonchev–Trinajstić information content (AvgIpc) is 3.33. The molecule has 6 heteroatoms. The van der Waals surface area contributed by atoms with E-state index in [1.807, 2.05) is 17.9 Å². The molecule has 1 fully saturated rings. The van der Waals surface area contributed by atoms with E-state index in [0.717, 1.165) is 57.8 Å². The van der Waals surface area contributed by atoms with Crippen LogP contribution in [0.2, 0.25) is 0 Å². The number of nitrogens with zero attached hydrogens (tertiary/aromatic N) is 2. The van der Waals surface area contributed by atoms with Gasteiger partial charge in [0.15, 0.2) is 5.96 Å². The van der Waals surface area contributed by atoms with Crippen molar-refractivity contribution in [3.8, 4) is 0 Å². The number of carbonyl (C=O) groups excluding carboxylic acids is 1. The van der Waals surface area contributed by atoms with Gasteiger partial charge in [-0.2, -0.15) is 0 Å². The number of hydrogen-bond acceptors (Lipinski definition) is 2. The van der Waals surface area contributed by atoms with Crippen LogP contribution in [-0.2, 0) is 11.2 Å². The van der Waals surface area contributed by atoms with Gasteiger partial charge in [-0.15, -0.1) is 0 Å². The maximum absolute atomic E-state index is 12.1. The summed E-state index contributed by atoms with van der Waals surface area (Å²) >= 11 is 0. The standard InChI is InChI=1S/C20H29N5O/c1-2-21-20(24-15-19(26)25-12-5-6-13-25)22-11-7-8-16-14-23-18-10-4-3-9-17(16)18/h3-4,9-10,14,23H,2,5-8,11-13,15H2,1H3,(H2,21,22,24). The van der Waals surface area contributed by atoms with E-state index in [4.69, 9.17) is 0 Å². The van der Waals surface area contributed by atoms with Crippen molar-refractivity contribution >= 4 is 22.8 Å². The summed E-state index contributed by atoms with van der Waals surface area (Å²) < 4.78 is 0. The third kappa shape index (κ3) is 4.77. The summed E-state index contributed by atoms with van der Waals surface area (Å²) in [4.78, 5) is 21.8. The van der Waals surface area contributed by atoms with E-state index < -0.39 is 0 Å². The zero-order chi connectivity index (χ0) is 18.2. The van der Waals surface area contributed by atoms with E-state index in [1.54, 1.807) is 0 Å². The second kappa shape index (κ2) is 9.27. The van der Waals surface area contributed by atoms with Crippen LogP contribution in [-0.4, -0.2) is 54.5 Å². The van der Waals surface area contributed by atoms with Crippen LogP contribution in [0.15, 0.2) is 35.5 Å². The number of carbonyl (C=O) groups is 1. The number of para-hydroxylation sites is 1. The van der Waals surface area contributed by atoms with Gasteiger partial charge in [0.2, 0.25) is 5.91 Å². The molecule has 1 aromatic carbocycles. The fraction of sp³-hybridized carbons (Fsp3) is 0.500. The Morgan fingerprint density at radius 1 is 1.23 bits per heavy atom. The monoisotopic (exact) mass is 355 g/mol. The lowest BCUT2D eigenvalue weighted by Crippen LogP contribution is -2.39. The molecule has 0 unspecified atom stereocenters. The Labute approximate surface area is 155 Å². The summed E-state index contributed by atoms with van der Waals surface area (Å²) in [6.45, 7) is 5.62. The smallest absolute Gasteiger partial charge is 0.244 e. The van der Waals surface area contributed by atoms with Gasteiger partial charge in [0.25, 0.3) is 0 Å². The molecule has 1 aliphatic heterocycles. The van der Waals surface area contributed by atoms with Crippen LogP contribution < -0.4 is 10.6 Å². The average molecular weight is 355 g/mol. The lowest BCUT2D eigenvalue weighted by atomic mass is 10.1. The fourth-order valence-corrected chi connectivity index (χ4v) is 3.38. The van der Waals surface area contributed by atoms with E-state index >= 15 is 0 Å². The van der Waals surface area contributed by atoms with Crippen molar-refractivity contribution in [3.05, 3.63) is 36.0 Å². The molecule has 26 heavy (non-hydrogen) atoms. The molecule has 140 valence electrons. The summed E-state index contributed by atoms with van der Waals surface area (Å²) in [6.07, 6.45) is 6.33. The minimum Gasteiger partial charge on any atom is -0.361 e. The number of hydrogen-bond donors (Lipinski definition) is 3. The number of amides is 1. The molecule has 3 N–H and O–H groups in total. The minimum absolute atomic E-state index is 0.124. The molecule has 0 bridgehead atoms. The maximum Gasteiger partial charge on any atom is 0.244 e. The Kier molecular flexibility index (Phi) is 6.52. The van der Waals surface area contributed by atoms with Crippen molar-refractivity contribution in [2.24, 2.45) is 4.99 Å². The molecular formula is C20H29N5O. The maximum atomic E-state index is 12.1. The van der Waals surface area contributed by atoms with Gasteiger partial charge in [0.05, 0.1) is 0 Å². The molecule has 1 aromatic heterocycles. The molecule has 6 nitrogen and oxygen atoms in total. The van der Waals surface area contributed by atoms with Gasteiger partial charge in [-0.05, 0) is 44.2 Å². The molecule has 0 spiro atoms. The second-order valence-electron chi connectivity index (χ2n) is 6.67. The molecule has 0 aliphatic carbocycles. The fourth-order valence-electron chi connectivity index (χ4n) is 3.38. The molecule has 1 aliphatic rings. The molecule has 0 radical (unpaired) electrons. The molecule has 1 amide bonds. The van der Waals surface area contributed by atoms with Crippen molar-refractivity contribution in [3.63, 3.8) is 0 Å². The van der Waals surface area contributed by atoms with E-state index in [0.29, 0.717) is 0 Å². The van der Waals surface area contributed by atoms with Crippen molar-refractivity contribution in [2.75, 3.05) is 32.7 Å². The number of likely N-dealkylation sites (tertiary alicyclic amines) is 1. The molecule has 2 heterocycles. The van der Waals surface area contributed by atoms with Crippen LogP contribution in [0.5, 0.6) is 0 Å². The molecule has 0 saturated carbocycles. The van der Waals surface area contributed by atoms with E-state index in [9.17, 15) is 4.79 Å². The van der Waals surface area contributed by atoms with Crippen LogP contribution in [0.4, 0.5) is 0 Å². The highest BCUT2D eigenvalue weighted by atomic mass is 16.2. The third-order valence-electron chi connectivity index (χ3n) is 4.77. The van der Waals surface area contributed by atoms with E-state index in [-0.39, 0.29) is 12.5 Å². The van der Waals surface area contributed by atoms with Crippen molar-refractivity contribution in [2.45, 2.75) is 32.6 Å². The van der Waals surface area contributed by atoms with Crippen LogP contribution >= 0.6 is 0 Å². The number of aliphatic imine (C=N–C) groups is 1. The van der Waals surface area contributed by atoms with Crippen LogP contribution in [0.3, 0.4) is 0 Å². The van der Waals surface area contributed by atoms with Gasteiger partial charge in [0, 0.05) is 43.3 Å². The second-order valence-corrected chi connectivity index (χ2v) is 6.67. The highest BCUT2D eigenvalue weighted by Gasteiger charge is 2.17. The predicted octanol–water partition coefficient (Wildman–Crippen LogP) is 2.28. The first-order chi connectivity index (χ1) is 12.8. The van der Waals surface area contributed by atoms with Gasteiger partial charge in [-0.3, -0.25) is 4.79 Å². The first kappa shape index (κ1) is 18.3. The van der Waals surface area contributed by atoms with Crippen molar-refractivity contribution in [1.82, 2.24) is 20.5 Å². The Bertz CT molecular complexity index is 745. The van der Waals surface area contributed by atoms with Crippen LogP contribution in [0, 0.1) is 0 Å². The number of guanidine groups is 1. The highest BCUT2D eigenvalue weighted by molar-refractivity contribution is 5.85. The largest absolute Gasteiger partial charge is 0.361 e. The first-order valence-electron chi connectivity index (χ1n) is 9.63. The van der Waals surface area contributed by atoms with Crippen LogP contribution in [0.1, 0.15) is 31.7 Å². The van der Waals surface area contributed by atoms with Crippen LogP contribution in [0.25, 0.3) is 10.9 Å². The van der Waals surface area contributed by atoms with Crippen molar-refractivity contribution in [1.29, 1.82) is 0 Å². The summed E-state index contributed by atoms with van der Waals surface area (Å²) in [5, 5.41) is 7.84. The number of aryl methyl sites for hydroxylation is 1. The Hall–Kier alpha value is -2.50. The Morgan fingerprint density at radius 2 is 2.04 bits per heavy atom. The molecule has 3 rings (SSSR count). The lowest BCUT2D eigenvalue weighted by molar-refractivity contribution is -0.128. The molecular weight excluding hydrogens is 326 g/mol. The number of aromatic amines is 1. The number of nitrogens with one attached hydrogen (secondary N) is 3. The SMILES string of the molecule is CCNC(=NCC(=O)N1CCCC1)NCCCc1c[nH]c2ccccc12. The van der Waals surface area contributed by atoms with Crippen molar-refractivity contribution < 1.29 is 4.79 Å². The normalized spacial score (nSPS) is 14.8. The first-order valence-corrected chi connectivity index (χ1v) is 9.63. The number of rotatable bonds is 7. The van der Waals surface area contributed by atoms with E-state index in [1.165, 1.54) is 16.5 Å². The number of benzene rings is 1. The summed E-state index contributed by atoms with van der Waals surface area (Å²) in [6, 6.07) is 8.38.